The van der Waals surface area contributed by atoms with Gasteiger partial charge in [-0.25, -0.2) is 16.8 Å². The lowest BCUT2D eigenvalue weighted by molar-refractivity contribution is -0.0187. The third-order valence-electron chi connectivity index (χ3n) is 6.27. The predicted molar refractivity (Wildman–Crippen MR) is 131 cm³/mol. The van der Waals surface area contributed by atoms with Gasteiger partial charge in [-0.15, -0.1) is 0 Å². The molecule has 0 unspecified atom stereocenters. The van der Waals surface area contributed by atoms with E-state index in [1.807, 2.05) is 0 Å². The summed E-state index contributed by atoms with van der Waals surface area (Å²) < 4.78 is 48.9. The molecule has 0 saturated carbocycles. The van der Waals surface area contributed by atoms with Crippen LogP contribution in [-0.2, 0) is 25.4 Å². The number of para-hydroxylation sites is 1. The summed E-state index contributed by atoms with van der Waals surface area (Å²) in [7, 11) is -6.86. The van der Waals surface area contributed by atoms with Crippen LogP contribution < -0.4 is 0 Å². The third kappa shape index (κ3) is 6.03. The fourth-order valence-electron chi connectivity index (χ4n) is 4.19. The zero-order valence-corrected chi connectivity index (χ0v) is 20.9. The number of piperidine rings is 1. The Morgan fingerprint density at radius 1 is 1.00 bits per heavy atom. The number of aliphatic hydroxyl groups is 1. The highest BCUT2D eigenvalue weighted by Gasteiger charge is 2.34. The largest absolute Gasteiger partial charge is 0.390 e. The molecular weight excluding hydrogens is 490 g/mol. The molecule has 2 aromatic carbocycles. The maximum Gasteiger partial charge on any atom is 0.253 e. The second-order valence-corrected chi connectivity index (χ2v) is 13.3. The van der Waals surface area contributed by atoms with Gasteiger partial charge in [0.15, 0.2) is 9.84 Å². The Morgan fingerprint density at radius 3 is 2.31 bits per heavy atom. The quantitative estimate of drug-likeness (QED) is 0.503. The van der Waals surface area contributed by atoms with E-state index in [0.717, 1.165) is 6.26 Å². The zero-order valence-electron chi connectivity index (χ0n) is 19.3. The molecule has 1 amide bonds. The van der Waals surface area contributed by atoms with Crippen molar-refractivity contribution in [3.63, 3.8) is 0 Å². The Kier molecular flexibility index (Phi) is 6.94. The van der Waals surface area contributed by atoms with Crippen molar-refractivity contribution < 1.29 is 26.7 Å². The molecule has 3 aromatic rings. The van der Waals surface area contributed by atoms with Gasteiger partial charge in [-0.1, -0.05) is 18.2 Å². The molecule has 1 saturated heterocycles. The Labute approximate surface area is 204 Å². The minimum atomic E-state index is -3.69. The van der Waals surface area contributed by atoms with Gasteiger partial charge in [0.2, 0.25) is 0 Å². The zero-order chi connectivity index (χ0) is 25.3. The van der Waals surface area contributed by atoms with Crippen molar-refractivity contribution >= 4 is 36.6 Å². The fraction of sp³-hybridized carbons (Fsp3) is 0.375. The van der Waals surface area contributed by atoms with Crippen LogP contribution in [0, 0.1) is 0 Å². The summed E-state index contributed by atoms with van der Waals surface area (Å²) in [6.07, 6.45) is 4.86. The number of benzene rings is 2. The van der Waals surface area contributed by atoms with Crippen LogP contribution in [0.25, 0.3) is 11.0 Å². The van der Waals surface area contributed by atoms with E-state index in [2.05, 4.69) is 9.97 Å². The van der Waals surface area contributed by atoms with E-state index in [1.165, 1.54) is 18.5 Å². The second-order valence-electron chi connectivity index (χ2n) is 9.03. The average molecular weight is 518 g/mol. The summed E-state index contributed by atoms with van der Waals surface area (Å²) in [6, 6.07) is 11.3. The first-order chi connectivity index (χ1) is 16.5. The van der Waals surface area contributed by atoms with Crippen LogP contribution in [0.1, 0.15) is 35.2 Å². The smallest absolute Gasteiger partial charge is 0.253 e. The molecule has 0 bridgehead atoms. The Balaban J connectivity index is 1.41. The maximum absolute atomic E-state index is 13.1. The topological polar surface area (TPSA) is 135 Å². The van der Waals surface area contributed by atoms with Crippen molar-refractivity contribution in [1.29, 1.82) is 0 Å². The van der Waals surface area contributed by atoms with Crippen molar-refractivity contribution in [3.8, 4) is 0 Å². The SMILES string of the molecule is CS(=O)(=O)CCC1(O)CCN(C(=O)c2ccc(CS(=O)(=O)c3cccc4nccnc34)cc2)CC1. The molecule has 4 rings (SSSR count). The van der Waals surface area contributed by atoms with E-state index >= 15 is 0 Å². The van der Waals surface area contributed by atoms with E-state index in [0.29, 0.717) is 48.1 Å². The number of carbonyl (C=O) groups is 1. The van der Waals surface area contributed by atoms with E-state index in [-0.39, 0.29) is 28.7 Å². The summed E-state index contributed by atoms with van der Waals surface area (Å²) in [5.74, 6) is -0.546. The highest BCUT2D eigenvalue weighted by molar-refractivity contribution is 7.91. The van der Waals surface area contributed by atoms with Crippen LogP contribution in [0.4, 0.5) is 0 Å². The summed E-state index contributed by atoms with van der Waals surface area (Å²) in [5, 5.41) is 10.6. The van der Waals surface area contributed by atoms with Crippen LogP contribution in [0.5, 0.6) is 0 Å². The van der Waals surface area contributed by atoms with Crippen molar-refractivity contribution in [3.05, 3.63) is 66.0 Å². The molecule has 1 aliphatic heterocycles. The number of sulfone groups is 2. The van der Waals surface area contributed by atoms with E-state index in [9.17, 15) is 26.7 Å². The molecule has 0 aliphatic carbocycles. The van der Waals surface area contributed by atoms with Crippen LogP contribution in [0.2, 0.25) is 0 Å². The normalized spacial score (nSPS) is 16.3. The lowest BCUT2D eigenvalue weighted by atomic mass is 9.88. The second kappa shape index (κ2) is 9.63. The molecule has 11 heteroatoms. The van der Waals surface area contributed by atoms with Crippen molar-refractivity contribution in [2.45, 2.75) is 35.5 Å². The van der Waals surface area contributed by atoms with Gasteiger partial charge in [-0.2, -0.15) is 0 Å². The molecule has 0 radical (unpaired) electrons. The van der Waals surface area contributed by atoms with Gasteiger partial charge < -0.3 is 10.0 Å². The summed E-state index contributed by atoms with van der Waals surface area (Å²) in [5.41, 5.74) is 0.687. The van der Waals surface area contributed by atoms with Gasteiger partial charge in [0.25, 0.3) is 5.91 Å². The Hall–Kier alpha value is -2.89. The Bertz CT molecular complexity index is 1440. The predicted octanol–water partition coefficient (Wildman–Crippen LogP) is 2.01. The van der Waals surface area contributed by atoms with Gasteiger partial charge in [0.05, 0.1) is 27.5 Å². The minimum absolute atomic E-state index is 0.0901. The number of fused-ring (bicyclic) bond motifs is 1. The van der Waals surface area contributed by atoms with Gasteiger partial charge >= 0.3 is 0 Å². The number of nitrogens with zero attached hydrogens (tertiary/aromatic N) is 3. The molecular formula is C24H27N3O6S2. The monoisotopic (exact) mass is 517 g/mol. The molecule has 35 heavy (non-hydrogen) atoms. The van der Waals surface area contributed by atoms with Crippen LogP contribution >= 0.6 is 0 Å². The number of hydrogen-bond donors (Lipinski definition) is 1. The summed E-state index contributed by atoms with van der Waals surface area (Å²) in [6.45, 7) is 0.634. The molecule has 1 fully saturated rings. The van der Waals surface area contributed by atoms with Gasteiger partial charge in [0.1, 0.15) is 15.4 Å². The molecule has 186 valence electrons. The number of rotatable bonds is 7. The number of amides is 1. The van der Waals surface area contributed by atoms with Crippen LogP contribution in [0.3, 0.4) is 0 Å². The number of likely N-dealkylation sites (tertiary alicyclic amines) is 1. The first-order valence-corrected chi connectivity index (χ1v) is 14.9. The molecule has 9 nitrogen and oxygen atoms in total. The first kappa shape index (κ1) is 25.2. The summed E-state index contributed by atoms with van der Waals surface area (Å²) in [4.78, 5) is 23.0. The highest BCUT2D eigenvalue weighted by Crippen LogP contribution is 2.27. The van der Waals surface area contributed by atoms with Crippen molar-refractivity contribution in [2.75, 3.05) is 25.1 Å². The highest BCUT2D eigenvalue weighted by atomic mass is 32.2. The molecule has 1 N–H and O–H groups in total. The number of hydrogen-bond acceptors (Lipinski definition) is 8. The van der Waals surface area contributed by atoms with Gasteiger partial charge in [-0.3, -0.25) is 14.8 Å². The Morgan fingerprint density at radius 2 is 1.66 bits per heavy atom. The van der Waals surface area contributed by atoms with Crippen molar-refractivity contribution in [2.24, 2.45) is 0 Å². The van der Waals surface area contributed by atoms with Crippen LogP contribution in [0.15, 0.2) is 59.8 Å². The minimum Gasteiger partial charge on any atom is -0.390 e. The molecule has 0 spiro atoms. The van der Waals surface area contributed by atoms with E-state index < -0.39 is 25.3 Å². The molecule has 1 aromatic heterocycles. The summed E-state index contributed by atoms with van der Waals surface area (Å²) >= 11 is 0. The average Bonchev–Trinajstić information content (AvgIpc) is 2.82. The fourth-order valence-corrected chi connectivity index (χ4v) is 6.47. The van der Waals surface area contributed by atoms with Crippen molar-refractivity contribution in [1.82, 2.24) is 14.9 Å². The molecule has 2 heterocycles. The number of aromatic nitrogens is 2. The lowest BCUT2D eigenvalue weighted by Crippen LogP contribution is -2.47. The number of carbonyl (C=O) groups excluding carboxylic acids is 1. The third-order valence-corrected chi connectivity index (χ3v) is 8.93. The standard InChI is InChI=1S/C24H27N3O6S2/c1-34(30,31)16-11-24(29)9-14-27(15-10-24)23(28)19-7-5-18(6-8-19)17-35(32,33)21-4-2-3-20-22(21)26-13-12-25-20/h2-8,12-13,29H,9-11,14-17H2,1H3. The molecule has 0 atom stereocenters. The van der Waals surface area contributed by atoms with E-state index in [1.54, 1.807) is 41.3 Å². The van der Waals surface area contributed by atoms with Gasteiger partial charge in [0, 0.05) is 37.3 Å². The first-order valence-electron chi connectivity index (χ1n) is 11.2. The van der Waals surface area contributed by atoms with Crippen LogP contribution in [-0.4, -0.2) is 73.4 Å². The van der Waals surface area contributed by atoms with Gasteiger partial charge in [-0.05, 0) is 49.1 Å². The van der Waals surface area contributed by atoms with E-state index in [4.69, 9.17) is 0 Å². The maximum atomic E-state index is 13.1. The lowest BCUT2D eigenvalue weighted by Gasteiger charge is -2.38. The molecule has 1 aliphatic rings.